The minimum Gasteiger partial charge on any atom is -0.394 e. The lowest BCUT2D eigenvalue weighted by Gasteiger charge is -2.35. The largest absolute Gasteiger partial charge is 0.394 e. The summed E-state index contributed by atoms with van der Waals surface area (Å²) in [5.74, 6) is -2.45. The molecule has 1 spiro atoms. The predicted molar refractivity (Wildman–Crippen MR) is 131 cm³/mol. The van der Waals surface area contributed by atoms with E-state index in [0.29, 0.717) is 24.2 Å². The van der Waals surface area contributed by atoms with E-state index >= 15 is 0 Å². The van der Waals surface area contributed by atoms with E-state index in [1.165, 1.54) is 4.90 Å². The van der Waals surface area contributed by atoms with Crippen molar-refractivity contribution >= 4 is 29.1 Å². The van der Waals surface area contributed by atoms with Crippen LogP contribution in [0.25, 0.3) is 0 Å². The highest BCUT2D eigenvalue weighted by molar-refractivity contribution is 6.05. The number of aliphatic hydroxyl groups excluding tert-OH is 1. The number of amides is 3. The number of hydrogen-bond acceptors (Lipinski definition) is 5. The van der Waals surface area contributed by atoms with Crippen LogP contribution < -0.4 is 10.6 Å². The number of carbonyl (C=O) groups is 3. The van der Waals surface area contributed by atoms with Crippen molar-refractivity contribution in [3.8, 4) is 0 Å². The number of rotatable bonds is 6. The average molecular weight is 478 g/mol. The maximum atomic E-state index is 13.8. The molecular formula is C27H31N3O5. The molecule has 3 N–H and O–H groups in total. The van der Waals surface area contributed by atoms with Crippen molar-refractivity contribution in [3.63, 3.8) is 0 Å². The molecule has 3 saturated heterocycles. The van der Waals surface area contributed by atoms with Gasteiger partial charge in [0.25, 0.3) is 0 Å². The van der Waals surface area contributed by atoms with E-state index in [-0.39, 0.29) is 24.3 Å². The van der Waals surface area contributed by atoms with Crippen molar-refractivity contribution in [3.05, 3.63) is 59.7 Å². The SMILES string of the molecule is Cc1ccc(C)c(NC(=O)C2N([C@H](C)CO)C(=O)[C@@H]3[C@@H](C(=O)Nc4ccccc4)[C@H]4CCC23O4)c1. The molecule has 0 saturated carbocycles. The van der Waals surface area contributed by atoms with Crippen LogP contribution in [0.1, 0.15) is 30.9 Å². The molecule has 8 heteroatoms. The fourth-order valence-corrected chi connectivity index (χ4v) is 6.07. The van der Waals surface area contributed by atoms with E-state index in [1.807, 2.05) is 50.2 Å². The summed E-state index contributed by atoms with van der Waals surface area (Å²) in [6, 6.07) is 13.3. The van der Waals surface area contributed by atoms with Crippen LogP contribution in [0.4, 0.5) is 11.4 Å². The second-order valence-corrected chi connectivity index (χ2v) is 10.00. The molecule has 2 unspecified atom stereocenters. The van der Waals surface area contributed by atoms with E-state index in [2.05, 4.69) is 10.6 Å². The standard InChI is InChI=1S/C27H31N3O5/c1-15-9-10-16(2)19(13-15)29-25(33)23-27-12-11-20(35-27)21(22(27)26(34)30(23)17(3)14-31)24(32)28-18-7-5-4-6-8-18/h4-10,13,17,20-23,31H,11-12,14H2,1-3H3,(H,28,32)(H,29,33)/t17-,20-,21+,22+,23?,27?/m1/s1. The molecule has 6 atom stereocenters. The third-order valence-corrected chi connectivity index (χ3v) is 7.72. The Kier molecular flexibility index (Phi) is 5.89. The van der Waals surface area contributed by atoms with Crippen molar-refractivity contribution in [2.24, 2.45) is 11.8 Å². The van der Waals surface area contributed by atoms with Gasteiger partial charge in [0.05, 0.1) is 30.6 Å². The number of carbonyl (C=O) groups excluding carboxylic acids is 3. The van der Waals surface area contributed by atoms with Gasteiger partial charge in [0, 0.05) is 11.4 Å². The van der Waals surface area contributed by atoms with E-state index in [1.54, 1.807) is 19.1 Å². The summed E-state index contributed by atoms with van der Waals surface area (Å²) < 4.78 is 6.41. The van der Waals surface area contributed by atoms with Crippen molar-refractivity contribution in [1.29, 1.82) is 0 Å². The third-order valence-electron chi connectivity index (χ3n) is 7.72. The molecule has 3 amide bonds. The van der Waals surface area contributed by atoms with E-state index in [0.717, 1.165) is 11.1 Å². The third kappa shape index (κ3) is 3.72. The Morgan fingerprint density at radius 1 is 1.14 bits per heavy atom. The van der Waals surface area contributed by atoms with Crippen molar-refractivity contribution < 1.29 is 24.2 Å². The first kappa shape index (κ1) is 23.5. The lowest BCUT2D eigenvalue weighted by molar-refractivity contribution is -0.142. The molecule has 0 aromatic heterocycles. The van der Waals surface area contributed by atoms with Gasteiger partial charge in [-0.05, 0) is 62.9 Å². The molecule has 3 fully saturated rings. The highest BCUT2D eigenvalue weighted by atomic mass is 16.5. The number of nitrogens with one attached hydrogen (secondary N) is 2. The Hall–Kier alpha value is -3.23. The normalized spacial score (nSPS) is 29.7. The van der Waals surface area contributed by atoms with Crippen LogP contribution in [0.5, 0.6) is 0 Å². The Bertz CT molecular complexity index is 1170. The molecule has 2 aromatic rings. The van der Waals surface area contributed by atoms with E-state index in [9.17, 15) is 19.5 Å². The Morgan fingerprint density at radius 3 is 2.60 bits per heavy atom. The number of benzene rings is 2. The number of para-hydroxylation sites is 1. The van der Waals surface area contributed by atoms with Gasteiger partial charge < -0.3 is 25.4 Å². The summed E-state index contributed by atoms with van der Waals surface area (Å²) >= 11 is 0. The van der Waals surface area contributed by atoms with Crippen LogP contribution in [-0.4, -0.2) is 58.1 Å². The van der Waals surface area contributed by atoms with Crippen LogP contribution in [0.3, 0.4) is 0 Å². The van der Waals surface area contributed by atoms with Gasteiger partial charge in [0.1, 0.15) is 11.6 Å². The van der Waals surface area contributed by atoms with Gasteiger partial charge in [-0.2, -0.15) is 0 Å². The van der Waals surface area contributed by atoms with Crippen molar-refractivity contribution in [2.75, 3.05) is 17.2 Å². The van der Waals surface area contributed by atoms with Gasteiger partial charge in [-0.3, -0.25) is 14.4 Å². The monoisotopic (exact) mass is 477 g/mol. The van der Waals surface area contributed by atoms with E-state index in [4.69, 9.17) is 4.74 Å². The quantitative estimate of drug-likeness (QED) is 0.593. The molecular weight excluding hydrogens is 446 g/mol. The molecule has 3 aliphatic heterocycles. The highest BCUT2D eigenvalue weighted by Crippen LogP contribution is 2.59. The summed E-state index contributed by atoms with van der Waals surface area (Å²) in [6.45, 7) is 5.26. The summed E-state index contributed by atoms with van der Waals surface area (Å²) in [5, 5.41) is 15.9. The van der Waals surface area contributed by atoms with Gasteiger partial charge in [0.15, 0.2) is 0 Å². The summed E-state index contributed by atoms with van der Waals surface area (Å²) in [6.07, 6.45) is 0.656. The van der Waals surface area contributed by atoms with Gasteiger partial charge >= 0.3 is 0 Å². The summed E-state index contributed by atoms with van der Waals surface area (Å²) in [5.41, 5.74) is 2.11. The lowest BCUT2D eigenvalue weighted by atomic mass is 9.70. The number of likely N-dealkylation sites (tertiary alicyclic amines) is 1. The molecule has 3 aliphatic rings. The zero-order valence-corrected chi connectivity index (χ0v) is 20.2. The zero-order chi connectivity index (χ0) is 24.9. The number of aliphatic hydroxyl groups is 1. The second kappa shape index (κ2) is 8.77. The molecule has 0 radical (unpaired) electrons. The van der Waals surface area contributed by atoms with Gasteiger partial charge in [-0.1, -0.05) is 30.3 Å². The summed E-state index contributed by atoms with van der Waals surface area (Å²) in [4.78, 5) is 42.4. The molecule has 8 nitrogen and oxygen atoms in total. The first-order valence-electron chi connectivity index (χ1n) is 12.1. The molecule has 3 heterocycles. The van der Waals surface area contributed by atoms with Crippen molar-refractivity contribution in [1.82, 2.24) is 4.90 Å². The fraction of sp³-hybridized carbons (Fsp3) is 0.444. The minimum absolute atomic E-state index is 0.284. The number of hydrogen-bond donors (Lipinski definition) is 3. The molecule has 0 aliphatic carbocycles. The van der Waals surface area contributed by atoms with E-state index < -0.39 is 35.6 Å². The Balaban J connectivity index is 1.49. The Morgan fingerprint density at radius 2 is 1.89 bits per heavy atom. The van der Waals surface area contributed by atoms with Crippen LogP contribution >= 0.6 is 0 Å². The highest BCUT2D eigenvalue weighted by Gasteiger charge is 2.74. The fourth-order valence-electron chi connectivity index (χ4n) is 6.07. The molecule has 184 valence electrons. The number of aryl methyl sites for hydroxylation is 2. The average Bonchev–Trinajstić information content (AvgIpc) is 3.49. The van der Waals surface area contributed by atoms with Crippen LogP contribution in [0, 0.1) is 25.7 Å². The molecule has 5 rings (SSSR count). The maximum Gasteiger partial charge on any atom is 0.250 e. The lowest BCUT2D eigenvalue weighted by Crippen LogP contribution is -2.55. The second-order valence-electron chi connectivity index (χ2n) is 10.00. The smallest absolute Gasteiger partial charge is 0.250 e. The predicted octanol–water partition coefficient (Wildman–Crippen LogP) is 2.64. The number of nitrogens with zero attached hydrogens (tertiary/aromatic N) is 1. The number of fused-ring (bicyclic) bond motifs is 1. The van der Waals surface area contributed by atoms with Gasteiger partial charge in [-0.25, -0.2) is 0 Å². The minimum atomic E-state index is -1.11. The zero-order valence-electron chi connectivity index (χ0n) is 20.2. The molecule has 2 aromatic carbocycles. The number of ether oxygens (including phenoxy) is 1. The first-order chi connectivity index (χ1) is 16.8. The van der Waals surface area contributed by atoms with Gasteiger partial charge in [-0.15, -0.1) is 0 Å². The summed E-state index contributed by atoms with van der Waals surface area (Å²) in [7, 11) is 0. The topological polar surface area (TPSA) is 108 Å². The van der Waals surface area contributed by atoms with Crippen LogP contribution in [0.15, 0.2) is 48.5 Å². The van der Waals surface area contributed by atoms with Crippen molar-refractivity contribution in [2.45, 2.75) is 57.4 Å². The first-order valence-corrected chi connectivity index (χ1v) is 12.1. The molecule has 2 bridgehead atoms. The maximum absolute atomic E-state index is 13.8. The van der Waals surface area contributed by atoms with Gasteiger partial charge in [0.2, 0.25) is 17.7 Å². The van der Waals surface area contributed by atoms with Crippen LogP contribution in [0.2, 0.25) is 0 Å². The van der Waals surface area contributed by atoms with Crippen LogP contribution in [-0.2, 0) is 19.1 Å². The molecule has 35 heavy (non-hydrogen) atoms. The number of anilines is 2. The Labute approximate surface area is 204 Å².